The monoisotopic (exact) mass is 401 g/mol. The van der Waals surface area contributed by atoms with E-state index in [4.69, 9.17) is 5.84 Å². The molecule has 1 amide bonds. The average Bonchev–Trinajstić information content (AvgIpc) is 2.87. The van der Waals surface area contributed by atoms with E-state index in [9.17, 15) is 4.79 Å². The minimum atomic E-state index is -0.235. The molecule has 1 saturated heterocycles. The van der Waals surface area contributed by atoms with Gasteiger partial charge in [0.15, 0.2) is 5.82 Å². The Morgan fingerprint density at radius 2 is 1.68 bits per heavy atom. The third kappa shape index (κ3) is 4.69. The van der Waals surface area contributed by atoms with E-state index < -0.39 is 0 Å². The average molecular weight is 402 g/mol. The van der Waals surface area contributed by atoms with Crippen LogP contribution < -0.4 is 5.84 Å². The van der Waals surface area contributed by atoms with E-state index in [1.165, 1.54) is 34.8 Å². The lowest BCUT2D eigenvalue weighted by Crippen LogP contribution is -2.37. The van der Waals surface area contributed by atoms with E-state index in [-0.39, 0.29) is 16.6 Å². The summed E-state index contributed by atoms with van der Waals surface area (Å²) >= 11 is 1.37. The largest absolute Gasteiger partial charge is 0.342 e. The number of likely N-dealkylation sites (tertiary alicyclic amines) is 1. The van der Waals surface area contributed by atoms with Crippen LogP contribution in [0.4, 0.5) is 0 Å². The van der Waals surface area contributed by atoms with Crippen LogP contribution >= 0.6 is 11.8 Å². The van der Waals surface area contributed by atoms with Crippen molar-refractivity contribution in [2.24, 2.45) is 0 Å². The van der Waals surface area contributed by atoms with Gasteiger partial charge in [0.1, 0.15) is 0 Å². The quantitative estimate of drug-likeness (QED) is 0.622. The molecule has 0 aliphatic carbocycles. The van der Waals surface area contributed by atoms with Crippen molar-refractivity contribution in [1.82, 2.24) is 19.8 Å². The number of carbonyl (C=O) groups is 1. The molecule has 1 fully saturated rings. The normalized spacial score (nSPS) is 16.6. The topological polar surface area (TPSA) is 77.0 Å². The molecule has 1 aliphatic rings. The van der Waals surface area contributed by atoms with E-state index in [0.29, 0.717) is 11.0 Å². The molecule has 0 saturated carbocycles. The first-order valence-electron chi connectivity index (χ1n) is 10.0. The molecule has 28 heavy (non-hydrogen) atoms. The van der Waals surface area contributed by atoms with Crippen LogP contribution in [0.5, 0.6) is 0 Å². The maximum absolute atomic E-state index is 12.8. The van der Waals surface area contributed by atoms with Crippen molar-refractivity contribution in [3.05, 3.63) is 29.8 Å². The molecular weight excluding hydrogens is 370 g/mol. The molecule has 152 valence electrons. The first-order valence-corrected chi connectivity index (χ1v) is 10.9. The Morgan fingerprint density at radius 1 is 1.07 bits per heavy atom. The highest BCUT2D eigenvalue weighted by Gasteiger charge is 2.25. The van der Waals surface area contributed by atoms with Crippen LogP contribution in [0.1, 0.15) is 58.9 Å². The Kier molecular flexibility index (Phi) is 6.33. The zero-order chi connectivity index (χ0) is 20.3. The van der Waals surface area contributed by atoms with E-state index in [2.05, 4.69) is 43.1 Å². The van der Waals surface area contributed by atoms with E-state index in [0.717, 1.165) is 31.5 Å². The standard InChI is InChI=1S/C21H31N5OS/c1-15(19(27)25-13-7-5-6-8-14-25)28-20-24-23-18(26(20)22)16-9-11-17(12-10-16)21(2,3)4/h9-12,15H,5-8,13-14,22H2,1-4H3/t15-/m0/s1. The molecular formula is C21H31N5OS. The van der Waals surface area contributed by atoms with Gasteiger partial charge in [-0.1, -0.05) is 69.6 Å². The van der Waals surface area contributed by atoms with Gasteiger partial charge in [-0.3, -0.25) is 4.79 Å². The molecule has 0 unspecified atom stereocenters. The van der Waals surface area contributed by atoms with Crippen LogP contribution in [-0.4, -0.2) is 44.0 Å². The molecule has 0 spiro atoms. The lowest BCUT2D eigenvalue weighted by atomic mass is 9.87. The molecule has 1 aromatic carbocycles. The molecule has 7 heteroatoms. The predicted octanol–water partition coefficient (Wildman–Crippen LogP) is 3.84. The van der Waals surface area contributed by atoms with Crippen molar-refractivity contribution in [1.29, 1.82) is 0 Å². The van der Waals surface area contributed by atoms with Gasteiger partial charge in [0.25, 0.3) is 0 Å². The van der Waals surface area contributed by atoms with Crippen molar-refractivity contribution >= 4 is 17.7 Å². The Bertz CT molecular complexity index is 801. The summed E-state index contributed by atoms with van der Waals surface area (Å²) in [6.07, 6.45) is 4.59. The van der Waals surface area contributed by atoms with Gasteiger partial charge in [-0.15, -0.1) is 10.2 Å². The maximum Gasteiger partial charge on any atom is 0.235 e. The molecule has 2 aromatic rings. The Hall–Kier alpha value is -2.02. The molecule has 2 heterocycles. The van der Waals surface area contributed by atoms with Gasteiger partial charge in [-0.05, 0) is 30.7 Å². The number of hydrogen-bond acceptors (Lipinski definition) is 5. The summed E-state index contributed by atoms with van der Waals surface area (Å²) in [6, 6.07) is 8.24. The summed E-state index contributed by atoms with van der Waals surface area (Å²) in [6.45, 7) is 10.2. The number of rotatable bonds is 4. The van der Waals surface area contributed by atoms with Crippen LogP contribution in [0.25, 0.3) is 11.4 Å². The number of nitrogens with two attached hydrogens (primary N) is 1. The summed E-state index contributed by atoms with van der Waals surface area (Å²) in [5.41, 5.74) is 2.27. The fraction of sp³-hybridized carbons (Fsp3) is 0.571. The predicted molar refractivity (Wildman–Crippen MR) is 115 cm³/mol. The van der Waals surface area contributed by atoms with Crippen molar-refractivity contribution < 1.29 is 4.79 Å². The summed E-state index contributed by atoms with van der Waals surface area (Å²) in [4.78, 5) is 14.8. The first-order chi connectivity index (χ1) is 13.3. The SMILES string of the molecule is C[C@H](Sc1nnc(-c2ccc(C(C)(C)C)cc2)n1N)C(=O)N1CCCCCC1. The summed E-state index contributed by atoms with van der Waals surface area (Å²) < 4.78 is 1.49. The minimum Gasteiger partial charge on any atom is -0.342 e. The maximum atomic E-state index is 12.8. The van der Waals surface area contributed by atoms with Gasteiger partial charge in [-0.2, -0.15) is 0 Å². The first kappa shape index (κ1) is 20.7. The molecule has 2 N–H and O–H groups in total. The third-order valence-corrected chi connectivity index (χ3v) is 6.27. The fourth-order valence-corrected chi connectivity index (χ4v) is 4.28. The number of amides is 1. The van der Waals surface area contributed by atoms with E-state index in [1.807, 2.05) is 24.0 Å². The van der Waals surface area contributed by atoms with Crippen molar-refractivity contribution in [2.45, 2.75) is 69.2 Å². The highest BCUT2D eigenvalue weighted by Crippen LogP contribution is 2.28. The number of aromatic nitrogens is 3. The smallest absolute Gasteiger partial charge is 0.235 e. The van der Waals surface area contributed by atoms with Crippen LogP contribution in [0.2, 0.25) is 0 Å². The molecule has 1 aliphatic heterocycles. The van der Waals surface area contributed by atoms with Crippen molar-refractivity contribution in [3.63, 3.8) is 0 Å². The van der Waals surface area contributed by atoms with Crippen LogP contribution in [0, 0.1) is 0 Å². The fourth-order valence-electron chi connectivity index (χ4n) is 3.43. The molecule has 1 atom stereocenters. The summed E-state index contributed by atoms with van der Waals surface area (Å²) in [5, 5.41) is 8.81. The minimum absolute atomic E-state index is 0.0963. The zero-order valence-corrected chi connectivity index (χ0v) is 18.1. The van der Waals surface area contributed by atoms with Gasteiger partial charge in [0.2, 0.25) is 11.1 Å². The van der Waals surface area contributed by atoms with Gasteiger partial charge >= 0.3 is 0 Å². The number of hydrogen-bond donors (Lipinski definition) is 1. The molecule has 0 bridgehead atoms. The lowest BCUT2D eigenvalue weighted by molar-refractivity contribution is -0.130. The second-order valence-electron chi connectivity index (χ2n) is 8.50. The van der Waals surface area contributed by atoms with Gasteiger partial charge in [-0.25, -0.2) is 4.68 Å². The van der Waals surface area contributed by atoms with Crippen LogP contribution in [-0.2, 0) is 10.2 Å². The summed E-state index contributed by atoms with van der Waals surface area (Å²) in [5.74, 6) is 7.02. The second-order valence-corrected chi connectivity index (χ2v) is 9.81. The highest BCUT2D eigenvalue weighted by atomic mass is 32.2. The Labute approximate surface area is 171 Å². The van der Waals surface area contributed by atoms with E-state index >= 15 is 0 Å². The van der Waals surface area contributed by atoms with Gasteiger partial charge in [0.05, 0.1) is 5.25 Å². The number of nitrogens with zero attached hydrogens (tertiary/aromatic N) is 4. The van der Waals surface area contributed by atoms with Crippen LogP contribution in [0.15, 0.2) is 29.4 Å². The van der Waals surface area contributed by atoms with E-state index in [1.54, 1.807) is 0 Å². The number of benzene rings is 1. The number of thioether (sulfide) groups is 1. The number of carbonyl (C=O) groups excluding carboxylic acids is 1. The third-order valence-electron chi connectivity index (χ3n) is 5.22. The molecule has 6 nitrogen and oxygen atoms in total. The Morgan fingerprint density at radius 3 is 2.25 bits per heavy atom. The van der Waals surface area contributed by atoms with Crippen LogP contribution in [0.3, 0.4) is 0 Å². The lowest BCUT2D eigenvalue weighted by Gasteiger charge is -2.23. The van der Waals surface area contributed by atoms with Gasteiger partial charge in [0, 0.05) is 18.7 Å². The second kappa shape index (κ2) is 8.55. The van der Waals surface area contributed by atoms with Crippen molar-refractivity contribution in [3.8, 4) is 11.4 Å². The zero-order valence-electron chi connectivity index (χ0n) is 17.3. The summed E-state index contributed by atoms with van der Waals surface area (Å²) in [7, 11) is 0. The molecule has 3 rings (SSSR count). The molecule has 0 radical (unpaired) electrons. The van der Waals surface area contributed by atoms with Gasteiger partial charge < -0.3 is 10.7 Å². The highest BCUT2D eigenvalue weighted by molar-refractivity contribution is 8.00. The number of nitrogen functional groups attached to an aromatic ring is 1. The molecule has 1 aromatic heterocycles. The Balaban J connectivity index is 1.71. The van der Waals surface area contributed by atoms with Crippen molar-refractivity contribution in [2.75, 3.05) is 18.9 Å².